The lowest BCUT2D eigenvalue weighted by atomic mass is 10.2. The summed E-state index contributed by atoms with van der Waals surface area (Å²) in [7, 11) is 1.50. The monoisotopic (exact) mass is 380 g/mol. The standard InChI is InChI=1S/C15H13BrN2O5/c1-22-14-7-12(16)6-11(8-17-19)15(14)23-9-10-2-4-13(5-3-10)18(20)21/h2-8,19H,9H2,1H3. The van der Waals surface area contributed by atoms with Gasteiger partial charge in [-0.1, -0.05) is 21.1 Å². The van der Waals surface area contributed by atoms with Gasteiger partial charge in [0.1, 0.15) is 6.61 Å². The molecule has 0 amide bonds. The minimum atomic E-state index is -0.460. The van der Waals surface area contributed by atoms with Crippen LogP contribution in [0.15, 0.2) is 46.0 Å². The molecule has 2 aromatic rings. The maximum absolute atomic E-state index is 10.6. The third-order valence-corrected chi connectivity index (χ3v) is 3.45. The summed E-state index contributed by atoms with van der Waals surface area (Å²) in [5.41, 5.74) is 1.30. The minimum absolute atomic E-state index is 0.0167. The molecule has 2 aromatic carbocycles. The van der Waals surface area contributed by atoms with Crippen LogP contribution < -0.4 is 9.47 Å². The predicted octanol–water partition coefficient (Wildman–Crippen LogP) is 3.75. The number of ether oxygens (including phenoxy) is 2. The van der Waals surface area contributed by atoms with Crippen molar-refractivity contribution < 1.29 is 19.6 Å². The summed E-state index contributed by atoms with van der Waals surface area (Å²) in [6.07, 6.45) is 1.23. The zero-order valence-corrected chi connectivity index (χ0v) is 13.7. The number of oxime groups is 1. The first kappa shape index (κ1) is 16.8. The second kappa shape index (κ2) is 7.59. The first-order chi connectivity index (χ1) is 11.0. The average molecular weight is 381 g/mol. The molecule has 0 unspecified atom stereocenters. The van der Waals surface area contributed by atoms with Crippen LogP contribution in [0.3, 0.4) is 0 Å². The molecule has 0 aromatic heterocycles. The summed E-state index contributed by atoms with van der Waals surface area (Å²) in [5.74, 6) is 0.878. The fourth-order valence-electron chi connectivity index (χ4n) is 1.92. The summed E-state index contributed by atoms with van der Waals surface area (Å²) in [4.78, 5) is 10.2. The molecule has 0 aliphatic heterocycles. The van der Waals surface area contributed by atoms with E-state index in [0.29, 0.717) is 17.1 Å². The number of rotatable bonds is 6. The van der Waals surface area contributed by atoms with Crippen molar-refractivity contribution in [2.45, 2.75) is 6.61 Å². The third-order valence-electron chi connectivity index (χ3n) is 3.00. The van der Waals surface area contributed by atoms with Crippen molar-refractivity contribution in [3.8, 4) is 11.5 Å². The van der Waals surface area contributed by atoms with Crippen LogP contribution in [0.4, 0.5) is 5.69 Å². The Bertz CT molecular complexity index is 731. The van der Waals surface area contributed by atoms with Crippen molar-refractivity contribution >= 4 is 27.8 Å². The Labute approximate surface area is 140 Å². The van der Waals surface area contributed by atoms with Crippen molar-refractivity contribution in [1.82, 2.24) is 0 Å². The molecule has 0 spiro atoms. The quantitative estimate of drug-likeness (QED) is 0.356. The van der Waals surface area contributed by atoms with Crippen LogP contribution in [0.5, 0.6) is 11.5 Å². The Kier molecular flexibility index (Phi) is 5.53. The largest absolute Gasteiger partial charge is 0.493 e. The van der Waals surface area contributed by atoms with Gasteiger partial charge in [0.2, 0.25) is 0 Å². The maximum atomic E-state index is 10.6. The van der Waals surface area contributed by atoms with Gasteiger partial charge in [0, 0.05) is 22.2 Å². The number of hydrogen-bond acceptors (Lipinski definition) is 6. The Balaban J connectivity index is 2.23. The SMILES string of the molecule is COc1cc(Br)cc(C=NO)c1OCc1ccc([N+](=O)[O-])cc1. The minimum Gasteiger partial charge on any atom is -0.493 e. The second-order valence-electron chi connectivity index (χ2n) is 4.48. The summed E-state index contributed by atoms with van der Waals surface area (Å²) < 4.78 is 11.7. The molecule has 0 atom stereocenters. The molecule has 0 saturated heterocycles. The summed E-state index contributed by atoms with van der Waals surface area (Å²) in [5, 5.41) is 22.4. The van der Waals surface area contributed by atoms with E-state index < -0.39 is 4.92 Å². The molecule has 0 heterocycles. The number of benzene rings is 2. The molecule has 120 valence electrons. The van der Waals surface area contributed by atoms with Crippen LogP contribution in [0, 0.1) is 10.1 Å². The third kappa shape index (κ3) is 4.19. The molecule has 0 saturated carbocycles. The first-order valence-electron chi connectivity index (χ1n) is 6.46. The molecule has 7 nitrogen and oxygen atoms in total. The predicted molar refractivity (Wildman–Crippen MR) is 87.5 cm³/mol. The number of nitro benzene ring substituents is 1. The number of nitrogens with zero attached hydrogens (tertiary/aromatic N) is 2. The Morgan fingerprint density at radius 3 is 2.61 bits per heavy atom. The van der Waals surface area contributed by atoms with E-state index in [4.69, 9.17) is 14.7 Å². The van der Waals surface area contributed by atoms with E-state index in [0.717, 1.165) is 10.0 Å². The Morgan fingerprint density at radius 1 is 1.35 bits per heavy atom. The van der Waals surface area contributed by atoms with Crippen LogP contribution >= 0.6 is 15.9 Å². The normalized spacial score (nSPS) is 10.7. The van der Waals surface area contributed by atoms with E-state index in [2.05, 4.69) is 21.1 Å². The van der Waals surface area contributed by atoms with Crippen molar-refractivity contribution in [3.05, 3.63) is 62.1 Å². The van der Waals surface area contributed by atoms with Gasteiger partial charge in [-0.2, -0.15) is 0 Å². The molecular weight excluding hydrogens is 368 g/mol. The average Bonchev–Trinajstić information content (AvgIpc) is 2.54. The van der Waals surface area contributed by atoms with Crippen molar-refractivity contribution in [3.63, 3.8) is 0 Å². The summed E-state index contributed by atoms with van der Waals surface area (Å²) in [6, 6.07) is 9.49. The highest BCUT2D eigenvalue weighted by Crippen LogP contribution is 2.34. The van der Waals surface area contributed by atoms with Crippen molar-refractivity contribution in [1.29, 1.82) is 0 Å². The second-order valence-corrected chi connectivity index (χ2v) is 5.40. The van der Waals surface area contributed by atoms with Crippen LogP contribution in [0.25, 0.3) is 0 Å². The molecule has 0 radical (unpaired) electrons. The molecule has 23 heavy (non-hydrogen) atoms. The van der Waals surface area contributed by atoms with Gasteiger partial charge >= 0.3 is 0 Å². The summed E-state index contributed by atoms with van der Waals surface area (Å²) >= 11 is 3.33. The molecule has 0 bridgehead atoms. The first-order valence-corrected chi connectivity index (χ1v) is 7.25. The van der Waals surface area contributed by atoms with Gasteiger partial charge in [-0.3, -0.25) is 10.1 Å². The number of non-ortho nitro benzene ring substituents is 1. The lowest BCUT2D eigenvalue weighted by Crippen LogP contribution is -2.01. The molecule has 0 aliphatic carbocycles. The number of hydrogen-bond donors (Lipinski definition) is 1. The molecule has 8 heteroatoms. The van der Waals surface area contributed by atoms with Gasteiger partial charge in [0.25, 0.3) is 5.69 Å². The van der Waals surface area contributed by atoms with Gasteiger partial charge in [0.05, 0.1) is 18.2 Å². The number of halogens is 1. The molecule has 0 aliphatic rings. The fourth-order valence-corrected chi connectivity index (χ4v) is 2.38. The van der Waals surface area contributed by atoms with E-state index in [1.54, 1.807) is 24.3 Å². The van der Waals surface area contributed by atoms with E-state index in [1.807, 2.05) is 0 Å². The lowest BCUT2D eigenvalue weighted by Gasteiger charge is -2.13. The van der Waals surface area contributed by atoms with Crippen molar-refractivity contribution in [2.75, 3.05) is 7.11 Å². The highest BCUT2D eigenvalue weighted by molar-refractivity contribution is 9.10. The molecule has 1 N–H and O–H groups in total. The van der Waals surface area contributed by atoms with Crippen LogP contribution in [0.1, 0.15) is 11.1 Å². The zero-order chi connectivity index (χ0) is 16.8. The van der Waals surface area contributed by atoms with E-state index in [9.17, 15) is 10.1 Å². The van der Waals surface area contributed by atoms with E-state index >= 15 is 0 Å². The topological polar surface area (TPSA) is 94.2 Å². The van der Waals surface area contributed by atoms with Gasteiger partial charge in [-0.05, 0) is 29.8 Å². The van der Waals surface area contributed by atoms with Crippen LogP contribution in [0.2, 0.25) is 0 Å². The number of nitro groups is 1. The van der Waals surface area contributed by atoms with Gasteiger partial charge in [-0.25, -0.2) is 0 Å². The van der Waals surface area contributed by atoms with Gasteiger partial charge < -0.3 is 14.7 Å². The van der Waals surface area contributed by atoms with Crippen LogP contribution in [-0.2, 0) is 6.61 Å². The molecule has 2 rings (SSSR count). The highest BCUT2D eigenvalue weighted by atomic mass is 79.9. The molecular formula is C15H13BrN2O5. The maximum Gasteiger partial charge on any atom is 0.269 e. The van der Waals surface area contributed by atoms with Gasteiger partial charge in [0.15, 0.2) is 11.5 Å². The Morgan fingerprint density at radius 2 is 2.04 bits per heavy atom. The Hall–Kier alpha value is -2.61. The smallest absolute Gasteiger partial charge is 0.269 e. The zero-order valence-electron chi connectivity index (χ0n) is 12.1. The summed E-state index contributed by atoms with van der Waals surface area (Å²) in [6.45, 7) is 0.183. The van der Waals surface area contributed by atoms with Gasteiger partial charge in [-0.15, -0.1) is 0 Å². The van der Waals surface area contributed by atoms with Crippen molar-refractivity contribution in [2.24, 2.45) is 5.16 Å². The number of methoxy groups -OCH3 is 1. The highest BCUT2D eigenvalue weighted by Gasteiger charge is 2.12. The van der Waals surface area contributed by atoms with E-state index in [-0.39, 0.29) is 12.3 Å². The lowest BCUT2D eigenvalue weighted by molar-refractivity contribution is -0.384. The fraction of sp³-hybridized carbons (Fsp3) is 0.133. The molecule has 0 fully saturated rings. The van der Waals surface area contributed by atoms with Crippen LogP contribution in [-0.4, -0.2) is 23.5 Å². The van der Waals surface area contributed by atoms with E-state index in [1.165, 1.54) is 25.5 Å².